The molecule has 23 heavy (non-hydrogen) atoms. The second-order valence-corrected chi connectivity index (χ2v) is 7.76. The largest absolute Gasteiger partial charge is 0.337 e. The van der Waals surface area contributed by atoms with Crippen LogP contribution in [0.5, 0.6) is 0 Å². The predicted octanol–water partition coefficient (Wildman–Crippen LogP) is 2.75. The average Bonchev–Trinajstić information content (AvgIpc) is 3.29. The number of imidazole rings is 1. The van der Waals surface area contributed by atoms with Gasteiger partial charge in [-0.1, -0.05) is 6.07 Å². The molecular weight excluding hydrogens is 326 g/mol. The monoisotopic (exact) mass is 345 g/mol. The molecule has 0 aromatic carbocycles. The van der Waals surface area contributed by atoms with Crippen LogP contribution in [0.1, 0.15) is 16.7 Å². The summed E-state index contributed by atoms with van der Waals surface area (Å²) < 4.78 is 2.12. The molecule has 120 valence electrons. The Morgan fingerprint density at radius 3 is 3.13 bits per heavy atom. The Hall–Kier alpha value is -1.54. The highest BCUT2D eigenvalue weighted by Crippen LogP contribution is 2.31. The van der Waals surface area contributed by atoms with Crippen molar-refractivity contribution < 1.29 is 0 Å². The van der Waals surface area contributed by atoms with Crippen LogP contribution in [-0.4, -0.2) is 39.1 Å². The zero-order valence-electron chi connectivity index (χ0n) is 13.0. The summed E-state index contributed by atoms with van der Waals surface area (Å²) in [6, 6.07) is 4.53. The minimum absolute atomic E-state index is 0.316. The topological polar surface area (TPSA) is 46.0 Å². The summed E-state index contributed by atoms with van der Waals surface area (Å²) in [5, 5.41) is 6.71. The van der Waals surface area contributed by atoms with Gasteiger partial charge in [0.1, 0.15) is 10.8 Å². The highest BCUT2D eigenvalue weighted by Gasteiger charge is 2.27. The molecule has 1 saturated heterocycles. The molecule has 3 aromatic heterocycles. The molecule has 0 radical (unpaired) electrons. The number of hydrogen-bond donors (Lipinski definition) is 1. The minimum atomic E-state index is 0.316. The first-order chi connectivity index (χ1) is 11.3. The third-order valence-electron chi connectivity index (χ3n) is 4.16. The van der Waals surface area contributed by atoms with Crippen LogP contribution < -0.4 is 5.32 Å². The molecule has 0 amide bonds. The van der Waals surface area contributed by atoms with E-state index in [2.05, 4.69) is 49.3 Å². The summed E-state index contributed by atoms with van der Waals surface area (Å²) in [6.45, 7) is 3.94. The van der Waals surface area contributed by atoms with Crippen molar-refractivity contribution in [1.82, 2.24) is 24.8 Å². The Morgan fingerprint density at radius 1 is 1.39 bits per heavy atom. The first kappa shape index (κ1) is 15.0. The normalized spacial score (nSPS) is 19.3. The van der Waals surface area contributed by atoms with E-state index < -0.39 is 0 Å². The van der Waals surface area contributed by atoms with Gasteiger partial charge in [-0.3, -0.25) is 4.90 Å². The van der Waals surface area contributed by atoms with Crippen LogP contribution in [0.2, 0.25) is 0 Å². The van der Waals surface area contributed by atoms with Crippen molar-refractivity contribution in [2.45, 2.75) is 12.6 Å². The van der Waals surface area contributed by atoms with Gasteiger partial charge in [0.05, 0.1) is 10.9 Å². The van der Waals surface area contributed by atoms with Crippen molar-refractivity contribution in [2.75, 3.05) is 19.6 Å². The van der Waals surface area contributed by atoms with Crippen LogP contribution in [-0.2, 0) is 13.6 Å². The SMILES string of the molecule is Cn1ccnc1C1CNCCN1Cc1cnc(-c2cccs2)s1. The quantitative estimate of drug-likeness (QED) is 0.790. The molecule has 4 rings (SSSR count). The van der Waals surface area contributed by atoms with Gasteiger partial charge in [0.15, 0.2) is 0 Å². The molecule has 0 spiro atoms. The van der Waals surface area contributed by atoms with E-state index in [1.54, 1.807) is 22.7 Å². The fourth-order valence-corrected chi connectivity index (χ4v) is 4.73. The average molecular weight is 345 g/mol. The molecule has 1 aliphatic heterocycles. The van der Waals surface area contributed by atoms with Crippen LogP contribution in [0.15, 0.2) is 36.1 Å². The second-order valence-electron chi connectivity index (χ2n) is 5.70. The van der Waals surface area contributed by atoms with E-state index in [1.807, 2.05) is 18.6 Å². The Balaban J connectivity index is 1.53. The van der Waals surface area contributed by atoms with Crippen LogP contribution in [0.4, 0.5) is 0 Å². The van der Waals surface area contributed by atoms with Crippen LogP contribution in [0.25, 0.3) is 9.88 Å². The summed E-state index contributed by atoms with van der Waals surface area (Å²) >= 11 is 3.54. The van der Waals surface area contributed by atoms with Crippen molar-refractivity contribution in [3.63, 3.8) is 0 Å². The van der Waals surface area contributed by atoms with Crippen molar-refractivity contribution in [2.24, 2.45) is 7.05 Å². The molecule has 7 heteroatoms. The van der Waals surface area contributed by atoms with E-state index in [0.717, 1.165) is 37.0 Å². The molecule has 0 aliphatic carbocycles. The highest BCUT2D eigenvalue weighted by atomic mass is 32.1. The van der Waals surface area contributed by atoms with Gasteiger partial charge in [0.2, 0.25) is 0 Å². The summed E-state index contributed by atoms with van der Waals surface area (Å²) in [7, 11) is 2.07. The molecular formula is C16H19N5S2. The lowest BCUT2D eigenvalue weighted by atomic mass is 10.1. The molecule has 0 saturated carbocycles. The van der Waals surface area contributed by atoms with Gasteiger partial charge in [0.25, 0.3) is 0 Å². The van der Waals surface area contributed by atoms with Crippen molar-refractivity contribution in [3.8, 4) is 9.88 Å². The number of piperazine rings is 1. The van der Waals surface area contributed by atoms with Gasteiger partial charge in [-0.25, -0.2) is 9.97 Å². The fraction of sp³-hybridized carbons (Fsp3) is 0.375. The van der Waals surface area contributed by atoms with E-state index >= 15 is 0 Å². The molecule has 4 heterocycles. The van der Waals surface area contributed by atoms with Crippen LogP contribution in [0, 0.1) is 0 Å². The van der Waals surface area contributed by atoms with E-state index in [0.29, 0.717) is 6.04 Å². The Morgan fingerprint density at radius 2 is 2.35 bits per heavy atom. The third kappa shape index (κ3) is 3.10. The highest BCUT2D eigenvalue weighted by molar-refractivity contribution is 7.20. The van der Waals surface area contributed by atoms with Gasteiger partial charge in [-0.15, -0.1) is 22.7 Å². The molecule has 1 N–H and O–H groups in total. The molecule has 1 fully saturated rings. The number of aromatic nitrogens is 3. The number of thiophene rings is 1. The molecule has 1 atom stereocenters. The van der Waals surface area contributed by atoms with E-state index in [-0.39, 0.29) is 0 Å². The fourth-order valence-electron chi connectivity index (χ4n) is 2.98. The maximum Gasteiger partial charge on any atom is 0.133 e. The number of thiazole rings is 1. The summed E-state index contributed by atoms with van der Waals surface area (Å²) in [5.41, 5.74) is 0. The van der Waals surface area contributed by atoms with Gasteiger partial charge in [0, 0.05) is 56.7 Å². The third-order valence-corrected chi connectivity index (χ3v) is 6.18. The second kappa shape index (κ2) is 6.52. The maximum atomic E-state index is 4.60. The zero-order chi connectivity index (χ0) is 15.6. The number of nitrogens with zero attached hydrogens (tertiary/aromatic N) is 4. The zero-order valence-corrected chi connectivity index (χ0v) is 14.6. The van der Waals surface area contributed by atoms with Gasteiger partial charge in [-0.2, -0.15) is 0 Å². The summed E-state index contributed by atoms with van der Waals surface area (Å²) in [6.07, 6.45) is 5.92. The number of nitrogens with one attached hydrogen (secondary N) is 1. The van der Waals surface area contributed by atoms with Crippen LogP contribution >= 0.6 is 22.7 Å². The Labute approximate surface area is 143 Å². The van der Waals surface area contributed by atoms with Gasteiger partial charge >= 0.3 is 0 Å². The lowest BCUT2D eigenvalue weighted by Crippen LogP contribution is -2.46. The number of aryl methyl sites for hydroxylation is 1. The smallest absolute Gasteiger partial charge is 0.133 e. The van der Waals surface area contributed by atoms with Crippen molar-refractivity contribution >= 4 is 22.7 Å². The number of hydrogen-bond acceptors (Lipinski definition) is 6. The van der Waals surface area contributed by atoms with Crippen molar-refractivity contribution in [1.29, 1.82) is 0 Å². The molecule has 5 nitrogen and oxygen atoms in total. The van der Waals surface area contributed by atoms with Gasteiger partial charge in [-0.05, 0) is 11.4 Å². The Bertz CT molecular complexity index is 761. The molecule has 3 aromatic rings. The van der Waals surface area contributed by atoms with E-state index in [1.165, 1.54) is 9.75 Å². The molecule has 0 bridgehead atoms. The van der Waals surface area contributed by atoms with Gasteiger partial charge < -0.3 is 9.88 Å². The van der Waals surface area contributed by atoms with Crippen LogP contribution in [0.3, 0.4) is 0 Å². The summed E-state index contributed by atoms with van der Waals surface area (Å²) in [4.78, 5) is 14.2. The first-order valence-electron chi connectivity index (χ1n) is 7.72. The van der Waals surface area contributed by atoms with Crippen molar-refractivity contribution in [3.05, 3.63) is 46.8 Å². The summed E-state index contributed by atoms with van der Waals surface area (Å²) in [5.74, 6) is 1.13. The first-order valence-corrected chi connectivity index (χ1v) is 9.41. The van der Waals surface area contributed by atoms with E-state index in [9.17, 15) is 0 Å². The standard InChI is InChI=1S/C16H19N5S2/c1-20-6-5-18-15(20)13-10-17-4-7-21(13)11-12-9-19-16(23-12)14-3-2-8-22-14/h2-3,5-6,8-9,13,17H,4,7,10-11H2,1H3. The minimum Gasteiger partial charge on any atom is -0.337 e. The molecule has 1 unspecified atom stereocenters. The maximum absolute atomic E-state index is 4.60. The lowest BCUT2D eigenvalue weighted by Gasteiger charge is -2.35. The lowest BCUT2D eigenvalue weighted by molar-refractivity contribution is 0.146. The molecule has 1 aliphatic rings. The predicted molar refractivity (Wildman–Crippen MR) is 94.7 cm³/mol. The number of rotatable bonds is 4. The van der Waals surface area contributed by atoms with E-state index in [4.69, 9.17) is 0 Å². The Kier molecular flexibility index (Phi) is 4.26.